The van der Waals surface area contributed by atoms with E-state index in [9.17, 15) is 38.4 Å². The molecule has 0 radical (unpaired) electrons. The highest BCUT2D eigenvalue weighted by atomic mass is 16.5. The number of anilines is 3. The van der Waals surface area contributed by atoms with Crippen LogP contribution in [0.3, 0.4) is 0 Å². The average molecular weight is 1100 g/mol. The Morgan fingerprint density at radius 2 is 1.10 bits per heavy atom. The van der Waals surface area contributed by atoms with Crippen molar-refractivity contribution in [1.29, 1.82) is 0 Å². The highest BCUT2D eigenvalue weighted by molar-refractivity contribution is 6.16. The second-order valence-corrected chi connectivity index (χ2v) is 20.1. The number of amides is 8. The van der Waals surface area contributed by atoms with Gasteiger partial charge >= 0.3 is 0 Å². The van der Waals surface area contributed by atoms with Crippen LogP contribution in [0.25, 0.3) is 0 Å². The molecular formula is C60H59N9O12. The molecule has 4 N–H and O–H groups in total. The summed E-state index contributed by atoms with van der Waals surface area (Å²) >= 11 is 0. The van der Waals surface area contributed by atoms with Crippen molar-refractivity contribution in [3.63, 3.8) is 0 Å². The Morgan fingerprint density at radius 3 is 1.62 bits per heavy atom. The molecule has 0 saturated carbocycles. The van der Waals surface area contributed by atoms with Gasteiger partial charge in [0.2, 0.25) is 23.6 Å². The average Bonchev–Trinajstić information content (AvgIpc) is 4.22. The third-order valence-electron chi connectivity index (χ3n) is 14.5. The van der Waals surface area contributed by atoms with E-state index in [0.717, 1.165) is 27.4 Å². The summed E-state index contributed by atoms with van der Waals surface area (Å²) in [5.41, 5.74) is 6.82. The molecule has 0 spiro atoms. The van der Waals surface area contributed by atoms with Crippen molar-refractivity contribution in [2.45, 2.75) is 89.8 Å². The number of carbonyl (C=O) groups excluding carboxylic acids is 8. The summed E-state index contributed by atoms with van der Waals surface area (Å²) in [6.07, 6.45) is 8.05. The number of unbranched alkanes of at least 4 members (excludes halogenated alkanes) is 1. The van der Waals surface area contributed by atoms with Gasteiger partial charge in [0.1, 0.15) is 25.3 Å². The number of benzene rings is 5. The molecule has 21 nitrogen and oxygen atoms in total. The molecule has 0 fully saturated rings. The predicted molar refractivity (Wildman–Crippen MR) is 300 cm³/mol. The minimum absolute atomic E-state index is 0.0401. The highest BCUT2D eigenvalue weighted by Gasteiger charge is 2.38. The van der Waals surface area contributed by atoms with Gasteiger partial charge in [-0.15, -0.1) is 0 Å². The number of para-hydroxylation sites is 2. The van der Waals surface area contributed by atoms with Crippen LogP contribution >= 0.6 is 0 Å². The summed E-state index contributed by atoms with van der Waals surface area (Å²) in [6, 6.07) is 24.8. The van der Waals surface area contributed by atoms with E-state index in [1.165, 1.54) is 40.2 Å². The Hall–Kier alpha value is -9.66. The molecule has 416 valence electrons. The maximum absolute atomic E-state index is 14.1. The zero-order valence-electron chi connectivity index (χ0n) is 45.0. The Balaban J connectivity index is 0.806. The number of nitrogens with one attached hydrogen (secondary N) is 4. The smallest absolute Gasteiger partial charge is 0.261 e. The van der Waals surface area contributed by atoms with E-state index in [1.807, 2.05) is 54.6 Å². The topological polar surface area (TPSA) is 256 Å². The third-order valence-corrected chi connectivity index (χ3v) is 14.5. The van der Waals surface area contributed by atoms with Crippen LogP contribution in [-0.2, 0) is 54.8 Å². The fourth-order valence-corrected chi connectivity index (χ4v) is 10.4. The van der Waals surface area contributed by atoms with Crippen LogP contribution in [-0.4, -0.2) is 116 Å². The van der Waals surface area contributed by atoms with Crippen molar-refractivity contribution >= 4 is 88.1 Å². The van der Waals surface area contributed by atoms with Crippen molar-refractivity contribution < 1.29 is 57.3 Å². The first-order valence-corrected chi connectivity index (χ1v) is 26.6. The quantitative estimate of drug-likeness (QED) is 0.0489. The summed E-state index contributed by atoms with van der Waals surface area (Å²) in [4.78, 5) is 118. The predicted octanol–water partition coefficient (Wildman–Crippen LogP) is 5.99. The fraction of sp³-hybridized carbons (Fsp3) is 0.300. The first-order chi connectivity index (χ1) is 39.2. The number of aliphatic imine (C=N–C) groups is 2. The first-order valence-electron chi connectivity index (χ1n) is 26.6. The van der Waals surface area contributed by atoms with Crippen LogP contribution in [0.4, 0.5) is 28.4 Å². The molecule has 5 aliphatic heterocycles. The lowest BCUT2D eigenvalue weighted by molar-refractivity contribution is -0.137. The molecule has 0 aromatic heterocycles. The molecule has 5 aliphatic rings. The lowest BCUT2D eigenvalue weighted by Crippen LogP contribution is -2.50. The highest BCUT2D eigenvalue weighted by Crippen LogP contribution is 2.43. The molecule has 21 heteroatoms. The van der Waals surface area contributed by atoms with Gasteiger partial charge in [-0.25, -0.2) is 0 Å². The molecule has 0 saturated heterocycles. The van der Waals surface area contributed by atoms with Gasteiger partial charge < -0.3 is 40.2 Å². The van der Waals surface area contributed by atoms with Crippen LogP contribution in [0.15, 0.2) is 113 Å². The van der Waals surface area contributed by atoms with Gasteiger partial charge in [0.05, 0.1) is 48.8 Å². The van der Waals surface area contributed by atoms with Gasteiger partial charge in [-0.1, -0.05) is 36.4 Å². The van der Waals surface area contributed by atoms with E-state index in [2.05, 4.69) is 21.3 Å². The maximum atomic E-state index is 14.1. The lowest BCUT2D eigenvalue weighted by atomic mass is 10.1. The Labute approximate surface area is 466 Å². The summed E-state index contributed by atoms with van der Waals surface area (Å²) in [7, 11) is 2.96. The zero-order chi connectivity index (χ0) is 56.9. The molecule has 81 heavy (non-hydrogen) atoms. The molecule has 5 aromatic carbocycles. The van der Waals surface area contributed by atoms with E-state index in [0.29, 0.717) is 88.0 Å². The standard InChI is InChI=1S/C60H59N9O12/c1-34(64-54(71)16-10-9-15-53(70)61-19-20-67-55(72)17-18-56(67)73)57(74)65-35(2)58(75)66-40-22-36(32-80-51-28-45-43(26-49(51)78-3)59(76)68-41(30-62-45)24-38-11-5-7-13-47(38)68)21-37(23-40)33-81-52-29-46-44(27-50(52)79-4)60(77)69-42(31-63-46)25-39-12-6-8-14-48(39)69/h5-8,11-14,17-18,21-23,26-31,34-35,41-42H,9-10,15-16,19-20,24-25,32-33H2,1-4H3,(H,61,70)(H,64,71)(H,65,74)(H,66,75)/t34?,35?,41-,42-/m0/s1. The van der Waals surface area contributed by atoms with Gasteiger partial charge in [0, 0.05) is 92.5 Å². The Kier molecular flexibility index (Phi) is 16.0. The minimum atomic E-state index is -1.07. The SMILES string of the molecule is COc1cc2c(cc1OCc1cc(COc3cc4c(cc3OC)C(=O)N3c5ccccc5C[C@H]3C=N4)cc(NC(=O)C(C)NC(=O)C(C)NC(=O)CCCCC(=O)NCCN3C(=O)C=CC3=O)c1)N=C[C@@H]1Cc3ccccc3N1C2=O. The van der Waals surface area contributed by atoms with Crippen LogP contribution < -0.4 is 50.0 Å². The van der Waals surface area contributed by atoms with Crippen LogP contribution in [0, 0.1) is 0 Å². The van der Waals surface area contributed by atoms with E-state index >= 15 is 0 Å². The number of rotatable bonds is 21. The van der Waals surface area contributed by atoms with Crippen molar-refractivity contribution in [3.8, 4) is 23.0 Å². The molecule has 4 atom stereocenters. The van der Waals surface area contributed by atoms with Gasteiger partial charge in [-0.3, -0.25) is 63.0 Å². The van der Waals surface area contributed by atoms with Gasteiger partial charge in [0.25, 0.3) is 23.6 Å². The van der Waals surface area contributed by atoms with E-state index in [4.69, 9.17) is 28.9 Å². The van der Waals surface area contributed by atoms with Gasteiger partial charge in [-0.2, -0.15) is 0 Å². The first kappa shape index (κ1) is 54.7. The number of methoxy groups -OCH3 is 2. The number of imide groups is 1. The van der Waals surface area contributed by atoms with E-state index in [1.54, 1.807) is 58.6 Å². The lowest BCUT2D eigenvalue weighted by Gasteiger charge is -2.22. The maximum Gasteiger partial charge on any atom is 0.261 e. The number of hydrogen-bond donors (Lipinski definition) is 4. The molecule has 8 amide bonds. The van der Waals surface area contributed by atoms with E-state index < -0.39 is 41.6 Å². The summed E-state index contributed by atoms with van der Waals surface area (Å²) in [5.74, 6) is -1.96. The Bertz CT molecular complexity index is 3310. The largest absolute Gasteiger partial charge is 0.493 e. The normalized spacial score (nSPS) is 16.9. The van der Waals surface area contributed by atoms with E-state index in [-0.39, 0.29) is 69.0 Å². The third kappa shape index (κ3) is 11.9. The second-order valence-electron chi connectivity index (χ2n) is 20.1. The molecule has 10 rings (SSSR count). The molecule has 2 unspecified atom stereocenters. The Morgan fingerprint density at radius 1 is 0.605 bits per heavy atom. The summed E-state index contributed by atoms with van der Waals surface area (Å²) in [6.45, 7) is 3.05. The molecule has 5 heterocycles. The van der Waals surface area contributed by atoms with Crippen LogP contribution in [0.1, 0.15) is 82.5 Å². The summed E-state index contributed by atoms with van der Waals surface area (Å²) < 4.78 is 24.4. The molecule has 0 aliphatic carbocycles. The van der Waals surface area contributed by atoms with Crippen LogP contribution in [0.5, 0.6) is 23.0 Å². The monoisotopic (exact) mass is 1100 g/mol. The molecular weight excluding hydrogens is 1040 g/mol. The zero-order valence-corrected chi connectivity index (χ0v) is 45.0. The van der Waals surface area contributed by atoms with Crippen molar-refractivity contribution in [3.05, 3.63) is 137 Å². The molecule has 5 aromatic rings. The summed E-state index contributed by atoms with van der Waals surface area (Å²) in [5, 5.41) is 10.8. The number of ether oxygens (including phenoxy) is 4. The second kappa shape index (κ2) is 23.7. The van der Waals surface area contributed by atoms with Gasteiger partial charge in [0.15, 0.2) is 23.0 Å². The number of hydrogen-bond acceptors (Lipinski definition) is 14. The fourth-order valence-electron chi connectivity index (χ4n) is 10.4. The minimum Gasteiger partial charge on any atom is -0.493 e. The number of nitrogens with zero attached hydrogens (tertiary/aromatic N) is 5. The van der Waals surface area contributed by atoms with Gasteiger partial charge in [-0.05, 0) is 91.4 Å². The van der Waals surface area contributed by atoms with Crippen molar-refractivity contribution in [1.82, 2.24) is 20.9 Å². The van der Waals surface area contributed by atoms with Crippen LogP contribution in [0.2, 0.25) is 0 Å². The van der Waals surface area contributed by atoms with Crippen molar-refractivity contribution in [2.24, 2.45) is 9.98 Å². The number of fused-ring (bicyclic) bond motifs is 8. The van der Waals surface area contributed by atoms with Crippen molar-refractivity contribution in [2.75, 3.05) is 42.4 Å². The molecule has 0 bridgehead atoms. The number of carbonyl (C=O) groups is 8.